The van der Waals surface area contributed by atoms with Crippen LogP contribution in [0.25, 0.3) is 0 Å². The lowest BCUT2D eigenvalue weighted by Gasteiger charge is -2.22. The molecule has 1 aromatic rings. The second-order valence-corrected chi connectivity index (χ2v) is 5.37. The highest BCUT2D eigenvalue weighted by Crippen LogP contribution is 2.15. The van der Waals surface area contributed by atoms with E-state index in [0.717, 1.165) is 38.4 Å². The lowest BCUT2D eigenvalue weighted by Crippen LogP contribution is -2.31. The summed E-state index contributed by atoms with van der Waals surface area (Å²) in [7, 11) is 0. The van der Waals surface area contributed by atoms with Crippen LogP contribution in [0.2, 0.25) is 0 Å². The number of hydrogen-bond donors (Lipinski definition) is 1. The second kappa shape index (κ2) is 7.46. The van der Waals surface area contributed by atoms with E-state index in [4.69, 9.17) is 5.73 Å². The van der Waals surface area contributed by atoms with Gasteiger partial charge in [-0.2, -0.15) is 0 Å². The fraction of sp³-hybridized carbons (Fsp3) is 0.667. The molecule has 1 aliphatic heterocycles. The van der Waals surface area contributed by atoms with Crippen molar-refractivity contribution in [2.45, 2.75) is 26.2 Å². The number of aromatic nitrogens is 1. The molecule has 1 saturated heterocycles. The van der Waals surface area contributed by atoms with Crippen molar-refractivity contribution in [3.05, 3.63) is 23.9 Å². The van der Waals surface area contributed by atoms with Gasteiger partial charge in [-0.15, -0.1) is 0 Å². The summed E-state index contributed by atoms with van der Waals surface area (Å²) in [5, 5.41) is 0. The van der Waals surface area contributed by atoms with Crippen LogP contribution in [0.4, 0.5) is 5.82 Å². The molecule has 106 valence electrons. The smallest absolute Gasteiger partial charge is 0.128 e. The minimum Gasteiger partial charge on any atom is -0.355 e. The zero-order chi connectivity index (χ0) is 13.5. The van der Waals surface area contributed by atoms with E-state index in [-0.39, 0.29) is 0 Å². The normalized spacial score (nSPS) is 17.5. The van der Waals surface area contributed by atoms with Crippen LogP contribution < -0.4 is 10.6 Å². The summed E-state index contributed by atoms with van der Waals surface area (Å²) < 4.78 is 0. The Morgan fingerprint density at radius 3 is 2.89 bits per heavy atom. The minimum absolute atomic E-state index is 0.813. The molecule has 0 bridgehead atoms. The van der Waals surface area contributed by atoms with Crippen molar-refractivity contribution in [1.82, 2.24) is 9.88 Å². The van der Waals surface area contributed by atoms with Gasteiger partial charge in [0.15, 0.2) is 0 Å². The van der Waals surface area contributed by atoms with Gasteiger partial charge in [0.25, 0.3) is 0 Å². The Bertz CT molecular complexity index is 380. The van der Waals surface area contributed by atoms with E-state index in [1.165, 1.54) is 31.5 Å². The van der Waals surface area contributed by atoms with Crippen molar-refractivity contribution in [1.29, 1.82) is 0 Å². The molecule has 4 heteroatoms. The van der Waals surface area contributed by atoms with Crippen LogP contribution in [-0.4, -0.2) is 49.2 Å². The maximum absolute atomic E-state index is 5.55. The number of nitrogens with two attached hydrogens (primary N) is 1. The SMILES string of the molecule is Cc1ccnc(N2CCCN(CCCCN)CC2)c1. The molecular formula is C15H26N4. The van der Waals surface area contributed by atoms with Gasteiger partial charge in [0, 0.05) is 25.8 Å². The van der Waals surface area contributed by atoms with Gasteiger partial charge in [0.2, 0.25) is 0 Å². The summed E-state index contributed by atoms with van der Waals surface area (Å²) in [6, 6.07) is 4.24. The summed E-state index contributed by atoms with van der Waals surface area (Å²) in [6.45, 7) is 8.66. The summed E-state index contributed by atoms with van der Waals surface area (Å²) in [6.07, 6.45) is 5.49. The minimum atomic E-state index is 0.813. The Hall–Kier alpha value is -1.13. The third-order valence-electron chi connectivity index (χ3n) is 3.74. The highest BCUT2D eigenvalue weighted by molar-refractivity contribution is 5.40. The van der Waals surface area contributed by atoms with Crippen molar-refractivity contribution < 1.29 is 0 Å². The molecule has 2 N–H and O–H groups in total. The van der Waals surface area contributed by atoms with Crippen LogP contribution in [0.1, 0.15) is 24.8 Å². The zero-order valence-electron chi connectivity index (χ0n) is 12.0. The lowest BCUT2D eigenvalue weighted by molar-refractivity contribution is 0.288. The first kappa shape index (κ1) is 14.3. The number of aryl methyl sites for hydroxylation is 1. The van der Waals surface area contributed by atoms with Crippen LogP contribution in [0.15, 0.2) is 18.3 Å². The predicted octanol–water partition coefficient (Wildman–Crippen LogP) is 1.64. The Morgan fingerprint density at radius 1 is 1.21 bits per heavy atom. The van der Waals surface area contributed by atoms with Gasteiger partial charge in [0.1, 0.15) is 5.82 Å². The maximum Gasteiger partial charge on any atom is 0.128 e. The van der Waals surface area contributed by atoms with E-state index in [0.29, 0.717) is 0 Å². The lowest BCUT2D eigenvalue weighted by atomic mass is 10.3. The average Bonchev–Trinajstić information content (AvgIpc) is 2.65. The third-order valence-corrected chi connectivity index (χ3v) is 3.74. The Morgan fingerprint density at radius 2 is 2.11 bits per heavy atom. The molecule has 0 aliphatic carbocycles. The largest absolute Gasteiger partial charge is 0.355 e. The summed E-state index contributed by atoms with van der Waals surface area (Å²) >= 11 is 0. The van der Waals surface area contributed by atoms with Crippen molar-refractivity contribution in [2.24, 2.45) is 5.73 Å². The molecule has 2 heterocycles. The molecule has 1 aromatic heterocycles. The van der Waals surface area contributed by atoms with E-state index in [2.05, 4.69) is 33.8 Å². The second-order valence-electron chi connectivity index (χ2n) is 5.37. The molecule has 0 spiro atoms. The van der Waals surface area contributed by atoms with Crippen LogP contribution >= 0.6 is 0 Å². The molecule has 1 fully saturated rings. The molecule has 0 radical (unpaired) electrons. The fourth-order valence-electron chi connectivity index (χ4n) is 2.60. The number of nitrogens with zero attached hydrogens (tertiary/aromatic N) is 3. The Balaban J connectivity index is 1.86. The first-order valence-corrected chi connectivity index (χ1v) is 7.39. The van der Waals surface area contributed by atoms with Gasteiger partial charge in [-0.25, -0.2) is 4.98 Å². The van der Waals surface area contributed by atoms with Crippen LogP contribution in [-0.2, 0) is 0 Å². The molecule has 19 heavy (non-hydrogen) atoms. The van der Waals surface area contributed by atoms with Gasteiger partial charge in [-0.05, 0) is 63.5 Å². The van der Waals surface area contributed by atoms with Gasteiger partial charge in [-0.3, -0.25) is 0 Å². The predicted molar refractivity (Wildman–Crippen MR) is 80.5 cm³/mol. The molecule has 0 aromatic carbocycles. The number of anilines is 1. The van der Waals surface area contributed by atoms with E-state index >= 15 is 0 Å². The third kappa shape index (κ3) is 4.48. The molecule has 0 amide bonds. The van der Waals surface area contributed by atoms with Gasteiger partial charge < -0.3 is 15.5 Å². The molecule has 2 rings (SSSR count). The highest BCUT2D eigenvalue weighted by Gasteiger charge is 2.15. The van der Waals surface area contributed by atoms with E-state index in [9.17, 15) is 0 Å². The van der Waals surface area contributed by atoms with Crippen molar-refractivity contribution >= 4 is 5.82 Å². The first-order chi connectivity index (χ1) is 9.29. The van der Waals surface area contributed by atoms with Crippen molar-refractivity contribution in [3.8, 4) is 0 Å². The van der Waals surface area contributed by atoms with Crippen molar-refractivity contribution in [2.75, 3.05) is 44.2 Å². The monoisotopic (exact) mass is 262 g/mol. The van der Waals surface area contributed by atoms with Gasteiger partial charge in [-0.1, -0.05) is 0 Å². The van der Waals surface area contributed by atoms with E-state index in [1.54, 1.807) is 0 Å². The van der Waals surface area contributed by atoms with Crippen LogP contribution in [0, 0.1) is 6.92 Å². The standard InChI is InChI=1S/C15H26N4/c1-14-5-7-17-15(13-14)19-10-4-9-18(11-12-19)8-3-2-6-16/h5,7,13H,2-4,6,8-12,16H2,1H3. The molecule has 0 unspecified atom stereocenters. The highest BCUT2D eigenvalue weighted by atomic mass is 15.2. The topological polar surface area (TPSA) is 45.4 Å². The average molecular weight is 262 g/mol. The number of rotatable bonds is 5. The maximum atomic E-state index is 5.55. The summed E-state index contributed by atoms with van der Waals surface area (Å²) in [4.78, 5) is 9.47. The molecule has 0 saturated carbocycles. The van der Waals surface area contributed by atoms with Crippen molar-refractivity contribution in [3.63, 3.8) is 0 Å². The number of pyridine rings is 1. The molecular weight excluding hydrogens is 236 g/mol. The van der Waals surface area contributed by atoms with E-state index < -0.39 is 0 Å². The van der Waals surface area contributed by atoms with E-state index in [1.807, 2.05) is 6.20 Å². The zero-order valence-corrected chi connectivity index (χ0v) is 12.0. The molecule has 1 aliphatic rings. The summed E-state index contributed by atoms with van der Waals surface area (Å²) in [5.41, 5.74) is 6.84. The molecule has 0 atom stereocenters. The Labute approximate surface area is 116 Å². The number of hydrogen-bond acceptors (Lipinski definition) is 4. The Kier molecular flexibility index (Phi) is 5.61. The first-order valence-electron chi connectivity index (χ1n) is 7.39. The van der Waals surface area contributed by atoms with Crippen LogP contribution in [0.5, 0.6) is 0 Å². The van der Waals surface area contributed by atoms with Crippen LogP contribution in [0.3, 0.4) is 0 Å². The fourth-order valence-corrected chi connectivity index (χ4v) is 2.60. The molecule has 4 nitrogen and oxygen atoms in total. The quantitative estimate of drug-likeness (QED) is 0.820. The van der Waals surface area contributed by atoms with Gasteiger partial charge in [0.05, 0.1) is 0 Å². The number of unbranched alkanes of at least 4 members (excludes halogenated alkanes) is 1. The van der Waals surface area contributed by atoms with Gasteiger partial charge >= 0.3 is 0 Å². The summed E-state index contributed by atoms with van der Waals surface area (Å²) in [5.74, 6) is 1.13.